The number of rotatable bonds is 5. The third kappa shape index (κ3) is 4.00. The van der Waals surface area contributed by atoms with Gasteiger partial charge in [0.1, 0.15) is 5.82 Å². The minimum atomic E-state index is 0.469. The molecule has 1 aliphatic carbocycles. The molecule has 0 aliphatic heterocycles. The SMILES string of the molecule is CC1(C)CC[C@H](CCc2ccc3ccccc3c2)[C@@H](Cc2ncc[nH]2)C1. The molecule has 4 rings (SSSR count). The lowest BCUT2D eigenvalue weighted by molar-refractivity contribution is 0.110. The minimum absolute atomic E-state index is 0.469. The minimum Gasteiger partial charge on any atom is -0.349 e. The molecular weight excluding hydrogens is 316 g/mol. The normalized spacial score (nSPS) is 22.5. The van der Waals surface area contributed by atoms with Crippen molar-refractivity contribution in [2.75, 3.05) is 0 Å². The Bertz CT molecular complexity index is 848. The van der Waals surface area contributed by atoms with Gasteiger partial charge in [-0.05, 0) is 65.7 Å². The fourth-order valence-electron chi connectivity index (χ4n) is 4.81. The molecule has 0 bridgehead atoms. The molecule has 0 spiro atoms. The van der Waals surface area contributed by atoms with E-state index in [4.69, 9.17) is 0 Å². The highest BCUT2D eigenvalue weighted by Gasteiger charge is 2.34. The first kappa shape index (κ1) is 17.3. The number of hydrogen-bond donors (Lipinski definition) is 1. The maximum atomic E-state index is 4.49. The van der Waals surface area contributed by atoms with E-state index >= 15 is 0 Å². The maximum absolute atomic E-state index is 4.49. The zero-order chi connectivity index (χ0) is 18.0. The van der Waals surface area contributed by atoms with Gasteiger partial charge in [0.2, 0.25) is 0 Å². The molecule has 2 nitrogen and oxygen atoms in total. The molecule has 3 aromatic rings. The molecule has 1 saturated carbocycles. The predicted octanol–water partition coefficient (Wildman–Crippen LogP) is 6.18. The summed E-state index contributed by atoms with van der Waals surface area (Å²) in [6.07, 6.45) is 11.4. The molecule has 2 aromatic carbocycles. The van der Waals surface area contributed by atoms with Gasteiger partial charge >= 0.3 is 0 Å². The maximum Gasteiger partial charge on any atom is 0.106 e. The van der Waals surface area contributed by atoms with Gasteiger partial charge in [0, 0.05) is 18.8 Å². The van der Waals surface area contributed by atoms with Crippen LogP contribution in [0.3, 0.4) is 0 Å². The van der Waals surface area contributed by atoms with Gasteiger partial charge in [0.15, 0.2) is 0 Å². The number of aromatic amines is 1. The lowest BCUT2D eigenvalue weighted by Crippen LogP contribution is -2.31. The van der Waals surface area contributed by atoms with E-state index in [1.54, 1.807) is 0 Å². The predicted molar refractivity (Wildman–Crippen MR) is 109 cm³/mol. The van der Waals surface area contributed by atoms with Crippen LogP contribution in [0, 0.1) is 17.3 Å². The molecule has 0 amide bonds. The molecule has 1 heterocycles. The zero-order valence-electron chi connectivity index (χ0n) is 16.0. The second-order valence-corrected chi connectivity index (χ2v) is 8.89. The van der Waals surface area contributed by atoms with Crippen LogP contribution in [0.2, 0.25) is 0 Å². The second kappa shape index (κ2) is 7.26. The fraction of sp³-hybridized carbons (Fsp3) is 0.458. The number of H-pyrrole nitrogens is 1. The van der Waals surface area contributed by atoms with E-state index in [1.807, 2.05) is 12.4 Å². The second-order valence-electron chi connectivity index (χ2n) is 8.89. The van der Waals surface area contributed by atoms with E-state index in [0.29, 0.717) is 5.41 Å². The fourth-order valence-corrected chi connectivity index (χ4v) is 4.81. The van der Waals surface area contributed by atoms with Gasteiger partial charge in [-0.15, -0.1) is 0 Å². The van der Waals surface area contributed by atoms with Gasteiger partial charge in [0.05, 0.1) is 0 Å². The summed E-state index contributed by atoms with van der Waals surface area (Å²) in [7, 11) is 0. The number of benzene rings is 2. The van der Waals surface area contributed by atoms with E-state index in [-0.39, 0.29) is 0 Å². The van der Waals surface area contributed by atoms with Crippen molar-refractivity contribution in [3.05, 3.63) is 66.2 Å². The van der Waals surface area contributed by atoms with Crippen molar-refractivity contribution >= 4 is 10.8 Å². The van der Waals surface area contributed by atoms with Crippen LogP contribution in [0.4, 0.5) is 0 Å². The first-order valence-electron chi connectivity index (χ1n) is 10.0. The Labute approximate surface area is 157 Å². The molecule has 26 heavy (non-hydrogen) atoms. The van der Waals surface area contributed by atoms with Crippen LogP contribution >= 0.6 is 0 Å². The first-order valence-corrected chi connectivity index (χ1v) is 10.0. The van der Waals surface area contributed by atoms with Crippen molar-refractivity contribution in [1.29, 1.82) is 0 Å². The Morgan fingerprint density at radius 2 is 1.92 bits per heavy atom. The van der Waals surface area contributed by atoms with Crippen LogP contribution in [0.5, 0.6) is 0 Å². The van der Waals surface area contributed by atoms with Crippen molar-refractivity contribution in [2.24, 2.45) is 17.3 Å². The number of imidazole rings is 1. The summed E-state index contributed by atoms with van der Waals surface area (Å²) in [5, 5.41) is 2.70. The monoisotopic (exact) mass is 346 g/mol. The number of hydrogen-bond acceptors (Lipinski definition) is 1. The van der Waals surface area contributed by atoms with Gasteiger partial charge in [-0.3, -0.25) is 0 Å². The van der Waals surface area contributed by atoms with E-state index in [9.17, 15) is 0 Å². The molecule has 2 heteroatoms. The van der Waals surface area contributed by atoms with Crippen LogP contribution < -0.4 is 0 Å². The van der Waals surface area contributed by atoms with Crippen molar-refractivity contribution in [3.63, 3.8) is 0 Å². The Hall–Kier alpha value is -2.09. The summed E-state index contributed by atoms with van der Waals surface area (Å²) >= 11 is 0. The molecule has 1 fully saturated rings. The molecule has 1 N–H and O–H groups in total. The number of aromatic nitrogens is 2. The van der Waals surface area contributed by atoms with Crippen molar-refractivity contribution in [1.82, 2.24) is 9.97 Å². The lowest BCUT2D eigenvalue weighted by Gasteiger charge is -2.41. The summed E-state index contributed by atoms with van der Waals surface area (Å²) in [5.74, 6) is 2.70. The van der Waals surface area contributed by atoms with E-state index in [2.05, 4.69) is 66.3 Å². The van der Waals surface area contributed by atoms with Gasteiger partial charge in [-0.1, -0.05) is 56.3 Å². The summed E-state index contributed by atoms with van der Waals surface area (Å²) in [5.41, 5.74) is 1.95. The number of fused-ring (bicyclic) bond motifs is 1. The molecule has 1 aliphatic rings. The van der Waals surface area contributed by atoms with E-state index in [1.165, 1.54) is 48.4 Å². The van der Waals surface area contributed by atoms with Crippen LogP contribution in [0.25, 0.3) is 10.8 Å². The average Bonchev–Trinajstić information content (AvgIpc) is 3.13. The van der Waals surface area contributed by atoms with Gasteiger partial charge in [-0.25, -0.2) is 4.98 Å². The molecule has 0 saturated heterocycles. The van der Waals surface area contributed by atoms with Gasteiger partial charge in [0.25, 0.3) is 0 Å². The van der Waals surface area contributed by atoms with Gasteiger partial charge in [-0.2, -0.15) is 0 Å². The lowest BCUT2D eigenvalue weighted by atomic mass is 9.65. The first-order chi connectivity index (χ1) is 12.6. The third-order valence-electron chi connectivity index (χ3n) is 6.30. The Morgan fingerprint density at radius 3 is 2.73 bits per heavy atom. The molecule has 1 aromatic heterocycles. The molecule has 0 radical (unpaired) electrons. The zero-order valence-corrected chi connectivity index (χ0v) is 16.0. The Balaban J connectivity index is 1.45. The number of nitrogens with zero attached hydrogens (tertiary/aromatic N) is 1. The Morgan fingerprint density at radius 1 is 1.08 bits per heavy atom. The quantitative estimate of drug-likeness (QED) is 0.587. The number of aryl methyl sites for hydroxylation is 1. The van der Waals surface area contributed by atoms with Crippen LogP contribution in [0.1, 0.15) is 50.9 Å². The van der Waals surface area contributed by atoms with Crippen molar-refractivity contribution in [3.8, 4) is 0 Å². The number of nitrogens with one attached hydrogen (secondary N) is 1. The van der Waals surface area contributed by atoms with Crippen LogP contribution in [-0.4, -0.2) is 9.97 Å². The Kier molecular flexibility index (Phi) is 4.84. The van der Waals surface area contributed by atoms with Crippen molar-refractivity contribution in [2.45, 2.75) is 52.4 Å². The van der Waals surface area contributed by atoms with Crippen molar-refractivity contribution < 1.29 is 0 Å². The average molecular weight is 347 g/mol. The highest BCUT2D eigenvalue weighted by atomic mass is 14.9. The summed E-state index contributed by atoms with van der Waals surface area (Å²) in [6, 6.07) is 15.6. The molecule has 2 atom stereocenters. The standard InChI is InChI=1S/C24H30N2/c1-24(2)12-11-20(22(17-24)16-23-25-13-14-26-23)10-8-18-7-9-19-5-3-4-6-21(19)15-18/h3-7,9,13-15,20,22H,8,10-12,16-17H2,1-2H3,(H,25,26)/t20-,22-/m0/s1. The molecule has 0 unspecified atom stereocenters. The van der Waals surface area contributed by atoms with E-state index in [0.717, 1.165) is 24.1 Å². The van der Waals surface area contributed by atoms with Crippen LogP contribution in [0.15, 0.2) is 54.9 Å². The topological polar surface area (TPSA) is 28.7 Å². The summed E-state index contributed by atoms with van der Waals surface area (Å²) in [4.78, 5) is 7.80. The largest absolute Gasteiger partial charge is 0.349 e. The highest BCUT2D eigenvalue weighted by molar-refractivity contribution is 5.82. The smallest absolute Gasteiger partial charge is 0.106 e. The highest BCUT2D eigenvalue weighted by Crippen LogP contribution is 2.44. The molecular formula is C24H30N2. The van der Waals surface area contributed by atoms with Crippen LogP contribution in [-0.2, 0) is 12.8 Å². The van der Waals surface area contributed by atoms with E-state index < -0.39 is 0 Å². The summed E-state index contributed by atoms with van der Waals surface area (Å²) < 4.78 is 0. The van der Waals surface area contributed by atoms with Gasteiger partial charge < -0.3 is 4.98 Å². The molecule has 136 valence electrons. The summed E-state index contributed by atoms with van der Waals surface area (Å²) in [6.45, 7) is 4.86. The third-order valence-corrected chi connectivity index (χ3v) is 6.30.